The van der Waals surface area contributed by atoms with Crippen molar-refractivity contribution >= 4 is 27.6 Å². The number of aryl methyl sites for hydroxylation is 1. The van der Waals surface area contributed by atoms with Crippen molar-refractivity contribution in [2.75, 3.05) is 17.4 Å². The number of rotatable bonds is 4. The number of likely N-dealkylation sites (tertiary alicyclic amines) is 1. The lowest BCUT2D eigenvalue weighted by molar-refractivity contribution is -0.193. The Kier molecular flexibility index (Phi) is 10.9. The number of aromatic nitrogens is 1. The average Bonchev–Trinajstić information content (AvgIpc) is 3.13. The first-order chi connectivity index (χ1) is 20.9. The lowest BCUT2D eigenvalue weighted by atomic mass is 9.87. The smallest absolute Gasteiger partial charge is 0.475 e. The van der Waals surface area contributed by atoms with Gasteiger partial charge in [-0.2, -0.15) is 26.3 Å². The maximum atomic E-state index is 13.9. The molecule has 45 heavy (non-hydrogen) atoms. The van der Waals surface area contributed by atoms with E-state index >= 15 is 0 Å². The number of carboxylic acids is 2. The highest BCUT2D eigenvalue weighted by molar-refractivity contribution is 7.94. The zero-order valence-corrected chi connectivity index (χ0v) is 24.5. The van der Waals surface area contributed by atoms with Crippen LogP contribution < -0.4 is 4.31 Å². The number of benzene rings is 2. The summed E-state index contributed by atoms with van der Waals surface area (Å²) >= 11 is 0. The predicted octanol–water partition coefficient (Wildman–Crippen LogP) is 5.50. The van der Waals surface area contributed by atoms with Crippen LogP contribution in [0.15, 0.2) is 72.8 Å². The van der Waals surface area contributed by atoms with Crippen LogP contribution in [0.4, 0.5) is 32.0 Å². The van der Waals surface area contributed by atoms with Gasteiger partial charge in [0.15, 0.2) is 0 Å². The molecule has 2 aliphatic heterocycles. The molecule has 2 N–H and O–H groups in total. The van der Waals surface area contributed by atoms with Gasteiger partial charge < -0.3 is 10.2 Å². The van der Waals surface area contributed by atoms with Gasteiger partial charge in [-0.3, -0.25) is 14.2 Å². The van der Waals surface area contributed by atoms with Crippen LogP contribution in [0.5, 0.6) is 0 Å². The number of carbonyl (C=O) groups is 2. The molecule has 16 heteroatoms. The molecule has 2 aliphatic rings. The standard InChI is InChI=1S/C25H27N3O2S.2C2HF3O2/c1-20-8-7-11-22(26-20)19-27-16-14-25(15-17-27)23-12-5-6-13-24(23)28(31(25,29)30)18-21-9-3-2-4-10-21;2*3-2(4,5)1(6)7/h2-13H,14-19H2,1H3;2*(H,6,7). The van der Waals surface area contributed by atoms with E-state index in [4.69, 9.17) is 19.8 Å². The number of hydrogen-bond acceptors (Lipinski definition) is 6. The summed E-state index contributed by atoms with van der Waals surface area (Å²) in [6, 6.07) is 23.8. The molecule has 1 aromatic heterocycles. The van der Waals surface area contributed by atoms with Crippen LogP contribution >= 0.6 is 0 Å². The fourth-order valence-electron chi connectivity index (χ4n) is 4.99. The van der Waals surface area contributed by atoms with Crippen LogP contribution in [0.25, 0.3) is 0 Å². The van der Waals surface area contributed by atoms with E-state index in [2.05, 4.69) is 9.88 Å². The summed E-state index contributed by atoms with van der Waals surface area (Å²) in [5, 5.41) is 14.2. The van der Waals surface area contributed by atoms with Crippen molar-refractivity contribution in [3.63, 3.8) is 0 Å². The summed E-state index contributed by atoms with van der Waals surface area (Å²) in [7, 11) is -3.52. The highest BCUT2D eigenvalue weighted by Crippen LogP contribution is 2.53. The third-order valence-electron chi connectivity index (χ3n) is 7.10. The van der Waals surface area contributed by atoms with Crippen LogP contribution in [-0.2, 0) is 37.4 Å². The lowest BCUT2D eigenvalue weighted by Gasteiger charge is -2.39. The molecular weight excluding hydrogens is 632 g/mol. The first kappa shape index (κ1) is 35.3. The lowest BCUT2D eigenvalue weighted by Crippen LogP contribution is -2.48. The molecule has 5 rings (SSSR count). The van der Waals surface area contributed by atoms with Crippen molar-refractivity contribution in [2.24, 2.45) is 0 Å². The number of aliphatic carboxylic acids is 2. The topological polar surface area (TPSA) is 128 Å². The van der Waals surface area contributed by atoms with E-state index in [1.165, 1.54) is 0 Å². The molecular formula is C29H29F6N3O6S. The van der Waals surface area contributed by atoms with E-state index in [9.17, 15) is 34.8 Å². The number of anilines is 1. The van der Waals surface area contributed by atoms with Gasteiger partial charge in [-0.1, -0.05) is 54.6 Å². The Morgan fingerprint density at radius 2 is 1.31 bits per heavy atom. The van der Waals surface area contributed by atoms with E-state index in [1.807, 2.05) is 79.7 Å². The normalized spacial score (nSPS) is 16.9. The zero-order valence-electron chi connectivity index (χ0n) is 23.7. The molecule has 1 spiro atoms. The van der Waals surface area contributed by atoms with E-state index < -0.39 is 39.1 Å². The number of sulfonamides is 1. The van der Waals surface area contributed by atoms with E-state index in [0.29, 0.717) is 19.4 Å². The molecule has 0 unspecified atom stereocenters. The molecule has 0 radical (unpaired) electrons. The van der Waals surface area contributed by atoms with Crippen molar-refractivity contribution in [3.05, 3.63) is 95.3 Å². The first-order valence-electron chi connectivity index (χ1n) is 13.3. The van der Waals surface area contributed by atoms with Crippen molar-refractivity contribution in [2.45, 2.75) is 50.0 Å². The Morgan fingerprint density at radius 3 is 1.82 bits per heavy atom. The second-order valence-corrected chi connectivity index (χ2v) is 12.3. The Labute approximate surface area is 254 Å². The van der Waals surface area contributed by atoms with Crippen LogP contribution in [-0.4, -0.2) is 65.9 Å². The molecule has 0 bridgehead atoms. The third kappa shape index (κ3) is 8.51. The summed E-state index contributed by atoms with van der Waals surface area (Å²) in [4.78, 5) is 24.7. The number of carboxylic acid groups (broad SMARTS) is 2. The Hall–Kier alpha value is -4.18. The largest absolute Gasteiger partial charge is 0.490 e. The first-order valence-corrected chi connectivity index (χ1v) is 14.7. The molecule has 0 saturated carbocycles. The minimum absolute atomic E-state index is 0.374. The molecule has 1 fully saturated rings. The zero-order chi connectivity index (χ0) is 33.6. The highest BCUT2D eigenvalue weighted by atomic mass is 32.2. The number of para-hydroxylation sites is 1. The second-order valence-electron chi connectivity index (χ2n) is 10.2. The molecule has 0 amide bonds. The van der Waals surface area contributed by atoms with Crippen molar-refractivity contribution in [1.29, 1.82) is 0 Å². The molecule has 3 heterocycles. The van der Waals surface area contributed by atoms with E-state index in [1.54, 1.807) is 4.31 Å². The monoisotopic (exact) mass is 661 g/mol. The molecule has 244 valence electrons. The number of hydrogen-bond donors (Lipinski definition) is 2. The van der Waals surface area contributed by atoms with E-state index in [0.717, 1.165) is 47.8 Å². The van der Waals surface area contributed by atoms with Gasteiger partial charge in [0.2, 0.25) is 10.0 Å². The van der Waals surface area contributed by atoms with Crippen LogP contribution in [0.2, 0.25) is 0 Å². The highest BCUT2D eigenvalue weighted by Gasteiger charge is 2.56. The average molecular weight is 662 g/mol. The molecule has 3 aromatic rings. The number of fused-ring (bicyclic) bond motifs is 2. The molecule has 1 saturated heterocycles. The summed E-state index contributed by atoms with van der Waals surface area (Å²) in [6.45, 7) is 4.61. The van der Waals surface area contributed by atoms with Gasteiger partial charge >= 0.3 is 24.3 Å². The molecule has 9 nitrogen and oxygen atoms in total. The number of pyridine rings is 1. The Balaban J connectivity index is 0.000000331. The Morgan fingerprint density at radius 1 is 0.800 bits per heavy atom. The quantitative estimate of drug-likeness (QED) is 0.351. The van der Waals surface area contributed by atoms with E-state index in [-0.39, 0.29) is 0 Å². The fraction of sp³-hybridized carbons (Fsp3) is 0.345. The molecule has 2 aromatic carbocycles. The summed E-state index contributed by atoms with van der Waals surface area (Å²) in [5.41, 5.74) is 4.84. The minimum atomic E-state index is -5.08. The van der Waals surface area contributed by atoms with Crippen molar-refractivity contribution in [3.8, 4) is 0 Å². The van der Waals surface area contributed by atoms with Crippen LogP contribution in [0.1, 0.15) is 35.4 Å². The third-order valence-corrected chi connectivity index (χ3v) is 9.62. The maximum Gasteiger partial charge on any atom is 0.490 e. The minimum Gasteiger partial charge on any atom is -0.475 e. The summed E-state index contributed by atoms with van der Waals surface area (Å²) in [6.07, 6.45) is -8.97. The van der Waals surface area contributed by atoms with Gasteiger partial charge in [0, 0.05) is 25.3 Å². The van der Waals surface area contributed by atoms with Gasteiger partial charge in [-0.05, 0) is 49.1 Å². The maximum absolute atomic E-state index is 13.9. The van der Waals surface area contributed by atoms with Crippen LogP contribution in [0, 0.1) is 6.92 Å². The second kappa shape index (κ2) is 13.9. The number of halogens is 6. The van der Waals surface area contributed by atoms with Gasteiger partial charge in [-0.25, -0.2) is 18.0 Å². The van der Waals surface area contributed by atoms with Crippen molar-refractivity contribution in [1.82, 2.24) is 9.88 Å². The van der Waals surface area contributed by atoms with Crippen LogP contribution in [0.3, 0.4) is 0 Å². The van der Waals surface area contributed by atoms with Crippen molar-refractivity contribution < 1.29 is 54.6 Å². The number of nitrogens with zero attached hydrogens (tertiary/aromatic N) is 3. The predicted molar refractivity (Wildman–Crippen MR) is 151 cm³/mol. The number of piperidine rings is 1. The summed E-state index contributed by atoms with van der Waals surface area (Å²) in [5.74, 6) is -5.51. The summed E-state index contributed by atoms with van der Waals surface area (Å²) < 4.78 is 92.1. The SMILES string of the molecule is Cc1cccc(CN2CCC3(CC2)c2ccccc2N(Cc2ccccc2)S3(=O)=O)n1.O=C(O)C(F)(F)F.O=C(O)C(F)(F)F. The molecule has 0 aliphatic carbocycles. The number of alkyl halides is 6. The van der Waals surface area contributed by atoms with Gasteiger partial charge in [0.25, 0.3) is 0 Å². The van der Waals surface area contributed by atoms with Gasteiger partial charge in [0.1, 0.15) is 4.75 Å². The Bertz CT molecular complexity index is 1570. The molecule has 0 atom stereocenters. The van der Waals surface area contributed by atoms with Gasteiger partial charge in [0.05, 0.1) is 17.9 Å². The fourth-order valence-corrected chi connectivity index (χ4v) is 7.30. The van der Waals surface area contributed by atoms with Gasteiger partial charge in [-0.15, -0.1) is 0 Å².